The molecule has 0 bridgehead atoms. The first kappa shape index (κ1) is 16.5. The van der Waals surface area contributed by atoms with Gasteiger partial charge in [0.05, 0.1) is 7.11 Å². The topological polar surface area (TPSA) is 24.5 Å². The van der Waals surface area contributed by atoms with E-state index < -0.39 is 0 Å². The van der Waals surface area contributed by atoms with Crippen molar-refractivity contribution in [2.75, 3.05) is 27.7 Å². The summed E-state index contributed by atoms with van der Waals surface area (Å²) in [7, 11) is 5.93. The van der Waals surface area contributed by atoms with Gasteiger partial charge in [-0.2, -0.15) is 0 Å². The van der Waals surface area contributed by atoms with Crippen LogP contribution in [0.15, 0.2) is 54.6 Å². The van der Waals surface area contributed by atoms with Crippen molar-refractivity contribution in [1.82, 2.24) is 10.2 Å². The second kappa shape index (κ2) is 7.97. The minimum absolute atomic E-state index is 0.307. The van der Waals surface area contributed by atoms with Crippen molar-refractivity contribution < 1.29 is 4.74 Å². The van der Waals surface area contributed by atoms with E-state index in [0.717, 1.165) is 12.3 Å². The zero-order chi connectivity index (χ0) is 15.9. The Balaban J connectivity index is 2.06. The SMILES string of the molecule is COc1cccc(C(CNC(C)c2ccccc2)N(C)C)c1. The summed E-state index contributed by atoms with van der Waals surface area (Å²) in [5, 5.41) is 3.63. The third kappa shape index (κ3) is 4.33. The molecule has 0 aliphatic carbocycles. The first-order chi connectivity index (χ1) is 10.6. The highest BCUT2D eigenvalue weighted by molar-refractivity contribution is 5.31. The number of methoxy groups -OCH3 is 1. The van der Waals surface area contributed by atoms with Crippen molar-refractivity contribution in [1.29, 1.82) is 0 Å². The van der Waals surface area contributed by atoms with Crippen molar-refractivity contribution in [3.63, 3.8) is 0 Å². The number of likely N-dealkylation sites (N-methyl/N-ethyl adjacent to an activating group) is 1. The molecule has 3 heteroatoms. The molecular weight excluding hydrogens is 272 g/mol. The summed E-state index contributed by atoms with van der Waals surface area (Å²) < 4.78 is 5.34. The molecule has 0 aromatic heterocycles. The molecule has 3 nitrogen and oxygen atoms in total. The number of rotatable bonds is 7. The third-order valence-corrected chi connectivity index (χ3v) is 4.02. The lowest BCUT2D eigenvalue weighted by molar-refractivity contribution is 0.281. The predicted octanol–water partition coefficient (Wildman–Crippen LogP) is 3.65. The van der Waals surface area contributed by atoms with E-state index in [1.165, 1.54) is 11.1 Å². The van der Waals surface area contributed by atoms with Crippen LogP contribution in [0.4, 0.5) is 0 Å². The van der Waals surface area contributed by atoms with Crippen molar-refractivity contribution in [3.8, 4) is 5.75 Å². The number of hydrogen-bond donors (Lipinski definition) is 1. The molecule has 0 fully saturated rings. The lowest BCUT2D eigenvalue weighted by atomic mass is 10.0. The Hall–Kier alpha value is -1.84. The number of ether oxygens (including phenoxy) is 1. The summed E-state index contributed by atoms with van der Waals surface area (Å²) in [5.74, 6) is 0.903. The van der Waals surface area contributed by atoms with E-state index >= 15 is 0 Å². The molecule has 0 aliphatic heterocycles. The molecule has 2 rings (SSSR count). The maximum absolute atomic E-state index is 5.34. The van der Waals surface area contributed by atoms with Gasteiger partial charge in [-0.25, -0.2) is 0 Å². The Morgan fingerprint density at radius 2 is 1.68 bits per heavy atom. The van der Waals surface area contributed by atoms with Crippen LogP contribution in [0, 0.1) is 0 Å². The van der Waals surface area contributed by atoms with E-state index in [0.29, 0.717) is 12.1 Å². The van der Waals surface area contributed by atoms with Crippen LogP contribution in [0.1, 0.15) is 30.1 Å². The summed E-state index contributed by atoms with van der Waals surface area (Å²) in [6, 6.07) is 19.5. The van der Waals surface area contributed by atoms with Gasteiger partial charge in [-0.1, -0.05) is 42.5 Å². The first-order valence-electron chi connectivity index (χ1n) is 7.70. The van der Waals surface area contributed by atoms with Gasteiger partial charge >= 0.3 is 0 Å². The molecule has 2 atom stereocenters. The second-order valence-electron chi connectivity index (χ2n) is 5.80. The van der Waals surface area contributed by atoms with Crippen LogP contribution in [0.2, 0.25) is 0 Å². The van der Waals surface area contributed by atoms with Gasteiger partial charge in [0, 0.05) is 18.6 Å². The van der Waals surface area contributed by atoms with E-state index in [1.807, 2.05) is 12.1 Å². The Kier molecular flexibility index (Phi) is 5.99. The molecule has 0 aliphatic rings. The zero-order valence-corrected chi connectivity index (χ0v) is 13.9. The number of benzene rings is 2. The largest absolute Gasteiger partial charge is 0.497 e. The molecule has 22 heavy (non-hydrogen) atoms. The van der Waals surface area contributed by atoms with E-state index in [4.69, 9.17) is 4.74 Å². The average Bonchev–Trinajstić information content (AvgIpc) is 2.55. The van der Waals surface area contributed by atoms with Crippen LogP contribution in [0.5, 0.6) is 5.75 Å². The van der Waals surface area contributed by atoms with Crippen molar-refractivity contribution in [2.45, 2.75) is 19.0 Å². The predicted molar refractivity (Wildman–Crippen MR) is 92.3 cm³/mol. The van der Waals surface area contributed by atoms with Crippen molar-refractivity contribution in [2.24, 2.45) is 0 Å². The Bertz CT molecular complexity index is 569. The van der Waals surface area contributed by atoms with Gasteiger partial charge in [-0.15, -0.1) is 0 Å². The quantitative estimate of drug-likeness (QED) is 0.844. The summed E-state index contributed by atoms with van der Waals surface area (Å²) in [6.45, 7) is 3.09. The molecule has 0 saturated carbocycles. The average molecular weight is 298 g/mol. The fourth-order valence-corrected chi connectivity index (χ4v) is 2.60. The van der Waals surface area contributed by atoms with E-state index in [2.05, 4.69) is 73.7 Å². The minimum Gasteiger partial charge on any atom is -0.497 e. The fraction of sp³-hybridized carbons (Fsp3) is 0.368. The van der Waals surface area contributed by atoms with Crippen LogP contribution >= 0.6 is 0 Å². The summed E-state index contributed by atoms with van der Waals surface area (Å²) in [6.07, 6.45) is 0. The van der Waals surface area contributed by atoms with Gasteiger partial charge in [0.15, 0.2) is 0 Å². The highest BCUT2D eigenvalue weighted by Crippen LogP contribution is 2.23. The molecule has 0 heterocycles. The molecule has 0 saturated heterocycles. The van der Waals surface area contributed by atoms with Gasteiger partial charge in [0.1, 0.15) is 5.75 Å². The molecule has 1 N–H and O–H groups in total. The highest BCUT2D eigenvalue weighted by Gasteiger charge is 2.16. The van der Waals surface area contributed by atoms with E-state index in [-0.39, 0.29) is 0 Å². The van der Waals surface area contributed by atoms with Crippen LogP contribution in [-0.2, 0) is 0 Å². The van der Waals surface area contributed by atoms with Gasteiger partial charge < -0.3 is 15.0 Å². The molecule has 0 spiro atoms. The van der Waals surface area contributed by atoms with Gasteiger partial charge in [0.2, 0.25) is 0 Å². The smallest absolute Gasteiger partial charge is 0.119 e. The maximum Gasteiger partial charge on any atom is 0.119 e. The molecule has 0 amide bonds. The lowest BCUT2D eigenvalue weighted by Gasteiger charge is -2.27. The molecule has 118 valence electrons. The maximum atomic E-state index is 5.34. The highest BCUT2D eigenvalue weighted by atomic mass is 16.5. The lowest BCUT2D eigenvalue weighted by Crippen LogP contribution is -2.32. The summed E-state index contributed by atoms with van der Waals surface area (Å²) >= 11 is 0. The Morgan fingerprint density at radius 1 is 1.00 bits per heavy atom. The van der Waals surface area contributed by atoms with Crippen LogP contribution < -0.4 is 10.1 Å². The van der Waals surface area contributed by atoms with Crippen LogP contribution in [0.3, 0.4) is 0 Å². The second-order valence-corrected chi connectivity index (χ2v) is 5.80. The fourth-order valence-electron chi connectivity index (χ4n) is 2.60. The van der Waals surface area contributed by atoms with Gasteiger partial charge in [-0.05, 0) is 44.3 Å². The molecule has 2 aromatic carbocycles. The molecule has 2 aromatic rings. The van der Waals surface area contributed by atoms with Crippen molar-refractivity contribution in [3.05, 3.63) is 65.7 Å². The number of nitrogens with zero attached hydrogens (tertiary/aromatic N) is 1. The summed E-state index contributed by atoms with van der Waals surface area (Å²) in [4.78, 5) is 2.24. The normalized spacial score (nSPS) is 13.9. The van der Waals surface area contributed by atoms with Gasteiger partial charge in [0.25, 0.3) is 0 Å². The minimum atomic E-state index is 0.307. The third-order valence-electron chi connectivity index (χ3n) is 4.02. The van der Waals surface area contributed by atoms with Gasteiger partial charge in [-0.3, -0.25) is 0 Å². The monoisotopic (exact) mass is 298 g/mol. The first-order valence-corrected chi connectivity index (χ1v) is 7.70. The van der Waals surface area contributed by atoms with Crippen molar-refractivity contribution >= 4 is 0 Å². The summed E-state index contributed by atoms with van der Waals surface area (Å²) in [5.41, 5.74) is 2.57. The Labute approximate surface area is 133 Å². The van der Waals surface area contributed by atoms with Crippen LogP contribution in [0.25, 0.3) is 0 Å². The van der Waals surface area contributed by atoms with E-state index in [1.54, 1.807) is 7.11 Å². The number of hydrogen-bond acceptors (Lipinski definition) is 3. The number of nitrogens with one attached hydrogen (secondary N) is 1. The standard InChI is InChI=1S/C19H26N2O/c1-15(16-9-6-5-7-10-16)20-14-19(21(2)3)17-11-8-12-18(13-17)22-4/h5-13,15,19-20H,14H2,1-4H3. The Morgan fingerprint density at radius 3 is 2.32 bits per heavy atom. The molecule has 2 unspecified atom stereocenters. The zero-order valence-electron chi connectivity index (χ0n) is 13.9. The van der Waals surface area contributed by atoms with Crippen LogP contribution in [-0.4, -0.2) is 32.6 Å². The molecule has 0 radical (unpaired) electrons. The molecular formula is C19H26N2O. The van der Waals surface area contributed by atoms with E-state index in [9.17, 15) is 0 Å².